The van der Waals surface area contributed by atoms with E-state index < -0.39 is 0 Å². The van der Waals surface area contributed by atoms with Gasteiger partial charge >= 0.3 is 0 Å². The second-order valence-electron chi connectivity index (χ2n) is 7.49. The van der Waals surface area contributed by atoms with E-state index in [0.29, 0.717) is 23.6 Å². The Kier molecular flexibility index (Phi) is 7.02. The van der Waals surface area contributed by atoms with Crippen LogP contribution >= 0.6 is 23.1 Å². The first-order valence-electron chi connectivity index (χ1n) is 10.3. The summed E-state index contributed by atoms with van der Waals surface area (Å²) in [6.07, 6.45) is 3.18. The van der Waals surface area contributed by atoms with Gasteiger partial charge in [-0.05, 0) is 56.2 Å². The molecule has 0 N–H and O–H groups in total. The summed E-state index contributed by atoms with van der Waals surface area (Å²) in [5.41, 5.74) is 1.57. The van der Waals surface area contributed by atoms with E-state index in [1.54, 1.807) is 22.7 Å². The fraction of sp³-hybridized carbons (Fsp3) is 0.391. The van der Waals surface area contributed by atoms with Crippen LogP contribution in [0.3, 0.4) is 0 Å². The first-order chi connectivity index (χ1) is 14.6. The van der Waals surface area contributed by atoms with E-state index in [2.05, 4.69) is 36.2 Å². The van der Waals surface area contributed by atoms with Gasteiger partial charge in [0, 0.05) is 17.9 Å². The lowest BCUT2D eigenvalue weighted by Crippen LogP contribution is -2.37. The van der Waals surface area contributed by atoms with Crippen molar-refractivity contribution in [3.05, 3.63) is 53.8 Å². The number of benzene rings is 2. The van der Waals surface area contributed by atoms with E-state index in [0.717, 1.165) is 36.3 Å². The zero-order valence-corrected chi connectivity index (χ0v) is 18.6. The average molecular weight is 445 g/mol. The van der Waals surface area contributed by atoms with Crippen LogP contribution in [0.4, 0.5) is 9.52 Å². The van der Waals surface area contributed by atoms with E-state index in [1.807, 2.05) is 6.07 Å². The molecular weight excluding hydrogens is 419 g/mol. The molecule has 1 aromatic heterocycles. The Morgan fingerprint density at radius 1 is 1.30 bits per heavy atom. The highest BCUT2D eigenvalue weighted by Crippen LogP contribution is 2.32. The Bertz CT molecular complexity index is 1000. The van der Waals surface area contributed by atoms with Crippen LogP contribution < -0.4 is 4.90 Å². The van der Waals surface area contributed by atoms with Crippen molar-refractivity contribution in [3.8, 4) is 0 Å². The van der Waals surface area contributed by atoms with E-state index >= 15 is 0 Å². The molecule has 158 valence electrons. The summed E-state index contributed by atoms with van der Waals surface area (Å²) in [5, 5.41) is 0.557. The zero-order chi connectivity index (χ0) is 20.9. The molecule has 0 radical (unpaired) electrons. The molecule has 1 atom stereocenters. The van der Waals surface area contributed by atoms with E-state index in [9.17, 15) is 9.18 Å². The summed E-state index contributed by atoms with van der Waals surface area (Å²) in [7, 11) is 0. The zero-order valence-electron chi connectivity index (χ0n) is 17.0. The highest BCUT2D eigenvalue weighted by atomic mass is 32.2. The number of aryl methyl sites for hydroxylation is 1. The number of aromatic nitrogens is 1. The molecule has 0 spiro atoms. The number of amides is 1. The van der Waals surface area contributed by atoms with E-state index in [4.69, 9.17) is 4.74 Å². The van der Waals surface area contributed by atoms with Crippen molar-refractivity contribution in [2.45, 2.75) is 43.6 Å². The Balaban J connectivity index is 1.42. The highest BCUT2D eigenvalue weighted by molar-refractivity contribution is 7.99. The number of carbonyl (C=O) groups excluding carboxylic acids is 1. The number of hydrogen-bond donors (Lipinski definition) is 0. The summed E-state index contributed by atoms with van der Waals surface area (Å²) < 4.78 is 20.6. The normalized spacial score (nSPS) is 16.3. The quantitative estimate of drug-likeness (QED) is 0.324. The van der Waals surface area contributed by atoms with Crippen LogP contribution in [0.25, 0.3) is 10.2 Å². The molecule has 4 nitrogen and oxygen atoms in total. The van der Waals surface area contributed by atoms with Crippen molar-refractivity contribution in [1.82, 2.24) is 4.98 Å². The van der Waals surface area contributed by atoms with Crippen molar-refractivity contribution < 1.29 is 13.9 Å². The van der Waals surface area contributed by atoms with Gasteiger partial charge in [-0.3, -0.25) is 9.69 Å². The van der Waals surface area contributed by atoms with Crippen LogP contribution in [0.2, 0.25) is 0 Å². The number of ether oxygens (including phenoxy) is 1. The van der Waals surface area contributed by atoms with Crippen molar-refractivity contribution in [2.75, 3.05) is 23.8 Å². The maximum Gasteiger partial charge on any atom is 0.228 e. The van der Waals surface area contributed by atoms with Crippen molar-refractivity contribution >= 4 is 44.4 Å². The van der Waals surface area contributed by atoms with Gasteiger partial charge in [-0.1, -0.05) is 35.1 Å². The number of thioether (sulfide) groups is 1. The maximum absolute atomic E-state index is 14.1. The van der Waals surface area contributed by atoms with Crippen molar-refractivity contribution in [3.63, 3.8) is 0 Å². The molecule has 4 rings (SSSR count). The highest BCUT2D eigenvalue weighted by Gasteiger charge is 2.26. The predicted molar refractivity (Wildman–Crippen MR) is 122 cm³/mol. The van der Waals surface area contributed by atoms with E-state index in [1.165, 1.54) is 27.9 Å². The van der Waals surface area contributed by atoms with Crippen LogP contribution in [0, 0.1) is 12.7 Å². The number of carbonyl (C=O) groups is 1. The SMILES string of the molecule is Cc1ccc(SCCCC(=O)N(CC2CCCO2)c2nc3c(F)cccc3s2)cc1. The molecule has 1 fully saturated rings. The minimum Gasteiger partial charge on any atom is -0.376 e. The Labute approximate surface area is 184 Å². The van der Waals surface area contributed by atoms with Gasteiger partial charge in [-0.25, -0.2) is 9.37 Å². The summed E-state index contributed by atoms with van der Waals surface area (Å²) in [6.45, 7) is 3.28. The molecule has 0 bridgehead atoms. The summed E-state index contributed by atoms with van der Waals surface area (Å²) >= 11 is 3.12. The largest absolute Gasteiger partial charge is 0.376 e. The lowest BCUT2D eigenvalue weighted by molar-refractivity contribution is -0.119. The molecule has 30 heavy (non-hydrogen) atoms. The molecule has 0 aliphatic carbocycles. The van der Waals surface area contributed by atoms with Gasteiger partial charge in [0.1, 0.15) is 11.3 Å². The van der Waals surface area contributed by atoms with Crippen molar-refractivity contribution in [2.24, 2.45) is 0 Å². The molecule has 1 saturated heterocycles. The number of para-hydroxylation sites is 1. The van der Waals surface area contributed by atoms with Gasteiger partial charge in [0.25, 0.3) is 0 Å². The Hall–Kier alpha value is -1.96. The van der Waals surface area contributed by atoms with Crippen molar-refractivity contribution in [1.29, 1.82) is 0 Å². The number of anilines is 1. The number of hydrogen-bond acceptors (Lipinski definition) is 5. The minimum absolute atomic E-state index is 0.0211. The first-order valence-corrected chi connectivity index (χ1v) is 12.1. The number of nitrogens with zero attached hydrogens (tertiary/aromatic N) is 2. The minimum atomic E-state index is -0.353. The standard InChI is InChI=1S/C23H25FN2O2S2/c1-16-9-11-18(12-10-16)29-14-4-8-21(27)26(15-17-5-3-13-28-17)23-25-22-19(24)6-2-7-20(22)30-23/h2,6-7,9-12,17H,3-5,8,13-15H2,1H3. The third kappa shape index (κ3) is 5.20. The van der Waals surface area contributed by atoms with Gasteiger partial charge in [0.05, 0.1) is 17.3 Å². The van der Waals surface area contributed by atoms with Crippen LogP contribution in [0.15, 0.2) is 47.4 Å². The van der Waals surface area contributed by atoms with Crippen LogP contribution in [0.5, 0.6) is 0 Å². The number of thiazole rings is 1. The van der Waals surface area contributed by atoms with Gasteiger partial charge in [0.15, 0.2) is 5.13 Å². The van der Waals surface area contributed by atoms with Crippen LogP contribution in [-0.2, 0) is 9.53 Å². The molecule has 1 aliphatic rings. The molecule has 2 heterocycles. The van der Waals surface area contributed by atoms with E-state index in [-0.39, 0.29) is 17.8 Å². The van der Waals surface area contributed by atoms with Gasteiger partial charge in [-0.2, -0.15) is 0 Å². The molecule has 1 unspecified atom stereocenters. The third-order valence-corrected chi connectivity index (χ3v) is 7.27. The van der Waals surface area contributed by atoms with Crippen LogP contribution in [0.1, 0.15) is 31.2 Å². The molecule has 1 aliphatic heterocycles. The second kappa shape index (κ2) is 9.90. The van der Waals surface area contributed by atoms with Crippen LogP contribution in [-0.4, -0.2) is 35.9 Å². The second-order valence-corrected chi connectivity index (χ2v) is 9.66. The van der Waals surface area contributed by atoms with Gasteiger partial charge in [0.2, 0.25) is 5.91 Å². The lowest BCUT2D eigenvalue weighted by atomic mass is 10.2. The molecule has 3 aromatic rings. The first kappa shape index (κ1) is 21.3. The smallest absolute Gasteiger partial charge is 0.228 e. The fourth-order valence-corrected chi connectivity index (χ4v) is 5.34. The molecule has 1 amide bonds. The average Bonchev–Trinajstić information content (AvgIpc) is 3.41. The number of halogens is 1. The lowest BCUT2D eigenvalue weighted by Gasteiger charge is -2.23. The van der Waals surface area contributed by atoms with Gasteiger partial charge < -0.3 is 4.74 Å². The molecule has 0 saturated carbocycles. The fourth-order valence-electron chi connectivity index (χ4n) is 3.48. The summed E-state index contributed by atoms with van der Waals surface area (Å²) in [4.78, 5) is 20.4. The van der Waals surface area contributed by atoms with Gasteiger partial charge in [-0.15, -0.1) is 11.8 Å². The topological polar surface area (TPSA) is 42.4 Å². The molecule has 7 heteroatoms. The molecule has 2 aromatic carbocycles. The summed E-state index contributed by atoms with van der Waals surface area (Å²) in [5.74, 6) is 0.542. The molecular formula is C23H25FN2O2S2. The Morgan fingerprint density at radius 2 is 2.13 bits per heavy atom. The maximum atomic E-state index is 14.1. The predicted octanol–water partition coefficient (Wildman–Crippen LogP) is 5.83. The monoisotopic (exact) mass is 444 g/mol. The number of fused-ring (bicyclic) bond motifs is 1. The Morgan fingerprint density at radius 3 is 2.87 bits per heavy atom. The summed E-state index contributed by atoms with van der Waals surface area (Å²) in [6, 6.07) is 13.3. The number of rotatable bonds is 8. The third-order valence-electron chi connectivity index (χ3n) is 5.13.